The van der Waals surface area contributed by atoms with Crippen LogP contribution in [0.2, 0.25) is 0 Å². The van der Waals surface area contributed by atoms with Gasteiger partial charge in [-0.15, -0.1) is 0 Å². The SMILES string of the molecule is Cc1ccc(N2C(=S)S[C@@H]3CS(=O)(=O)C[C@H]32)cc1. The highest BCUT2D eigenvalue weighted by Crippen LogP contribution is 2.40. The van der Waals surface area contributed by atoms with Gasteiger partial charge < -0.3 is 4.90 Å². The summed E-state index contributed by atoms with van der Waals surface area (Å²) in [4.78, 5) is 2.01. The van der Waals surface area contributed by atoms with Gasteiger partial charge in [-0.3, -0.25) is 0 Å². The summed E-state index contributed by atoms with van der Waals surface area (Å²) in [5.41, 5.74) is 2.19. The highest BCUT2D eigenvalue weighted by atomic mass is 32.2. The molecule has 6 heteroatoms. The second-order valence-corrected chi connectivity index (χ2v) is 8.80. The Balaban J connectivity index is 1.96. The van der Waals surface area contributed by atoms with E-state index in [9.17, 15) is 8.42 Å². The zero-order valence-electron chi connectivity index (χ0n) is 9.87. The Hall–Kier alpha value is -0.590. The molecule has 0 amide bonds. The molecule has 0 aromatic heterocycles. The highest BCUT2D eigenvalue weighted by Gasteiger charge is 2.48. The largest absolute Gasteiger partial charge is 0.322 e. The molecule has 0 unspecified atom stereocenters. The Bertz CT molecular complexity index is 594. The summed E-state index contributed by atoms with van der Waals surface area (Å²) in [6.45, 7) is 2.03. The quantitative estimate of drug-likeness (QED) is 0.742. The van der Waals surface area contributed by atoms with E-state index in [1.165, 1.54) is 17.3 Å². The first-order valence-electron chi connectivity index (χ1n) is 5.73. The lowest BCUT2D eigenvalue weighted by atomic mass is 10.1. The lowest BCUT2D eigenvalue weighted by Crippen LogP contribution is -2.36. The maximum Gasteiger partial charge on any atom is 0.153 e. The first-order chi connectivity index (χ1) is 8.46. The Morgan fingerprint density at radius 2 is 1.94 bits per heavy atom. The van der Waals surface area contributed by atoms with Gasteiger partial charge in [0.25, 0.3) is 0 Å². The van der Waals surface area contributed by atoms with E-state index in [1.54, 1.807) is 0 Å². The van der Waals surface area contributed by atoms with Crippen LogP contribution in [0.1, 0.15) is 5.56 Å². The zero-order valence-corrected chi connectivity index (χ0v) is 12.3. The highest BCUT2D eigenvalue weighted by molar-refractivity contribution is 8.24. The topological polar surface area (TPSA) is 37.4 Å². The average molecular weight is 299 g/mol. The van der Waals surface area contributed by atoms with Gasteiger partial charge in [0.1, 0.15) is 4.32 Å². The van der Waals surface area contributed by atoms with E-state index in [0.29, 0.717) is 0 Å². The molecule has 1 aromatic carbocycles. The number of anilines is 1. The second-order valence-electron chi connectivity index (χ2n) is 4.77. The summed E-state index contributed by atoms with van der Waals surface area (Å²) in [7, 11) is -2.90. The molecule has 0 N–H and O–H groups in total. The number of rotatable bonds is 1. The van der Waals surface area contributed by atoms with Gasteiger partial charge >= 0.3 is 0 Å². The third-order valence-corrected chi connectivity index (χ3v) is 6.96. The molecule has 2 aliphatic heterocycles. The third kappa shape index (κ3) is 2.06. The molecule has 3 rings (SSSR count). The van der Waals surface area contributed by atoms with Crippen molar-refractivity contribution in [2.75, 3.05) is 16.4 Å². The van der Waals surface area contributed by atoms with Crippen molar-refractivity contribution in [3.05, 3.63) is 29.8 Å². The van der Waals surface area contributed by atoms with Gasteiger partial charge in [-0.2, -0.15) is 0 Å². The van der Waals surface area contributed by atoms with Crippen LogP contribution in [0.5, 0.6) is 0 Å². The van der Waals surface area contributed by atoms with E-state index in [1.807, 2.05) is 36.1 Å². The van der Waals surface area contributed by atoms with Crippen molar-refractivity contribution in [2.45, 2.75) is 18.2 Å². The van der Waals surface area contributed by atoms with Crippen LogP contribution in [-0.2, 0) is 9.84 Å². The molecule has 0 saturated carbocycles. The summed E-state index contributed by atoms with van der Waals surface area (Å²) in [5.74, 6) is 0.476. The Morgan fingerprint density at radius 1 is 1.28 bits per heavy atom. The molecule has 0 bridgehead atoms. The van der Waals surface area contributed by atoms with Crippen LogP contribution in [0.15, 0.2) is 24.3 Å². The van der Waals surface area contributed by atoms with E-state index < -0.39 is 9.84 Å². The third-order valence-electron chi connectivity index (χ3n) is 3.36. The number of fused-ring (bicyclic) bond motifs is 1. The van der Waals surface area contributed by atoms with Gasteiger partial charge in [-0.1, -0.05) is 41.7 Å². The first kappa shape index (κ1) is 12.4. The fourth-order valence-electron chi connectivity index (χ4n) is 2.47. The molecule has 0 spiro atoms. The Labute approximate surface area is 116 Å². The molecule has 2 saturated heterocycles. The van der Waals surface area contributed by atoms with E-state index in [-0.39, 0.29) is 22.8 Å². The minimum Gasteiger partial charge on any atom is -0.322 e. The molecular formula is C12H13NO2S3. The molecule has 96 valence electrons. The van der Waals surface area contributed by atoms with Crippen LogP contribution in [0.3, 0.4) is 0 Å². The predicted octanol–water partition coefficient (Wildman–Crippen LogP) is 2.00. The Morgan fingerprint density at radius 3 is 2.61 bits per heavy atom. The van der Waals surface area contributed by atoms with Gasteiger partial charge in [-0.25, -0.2) is 8.42 Å². The van der Waals surface area contributed by atoms with Gasteiger partial charge in [0, 0.05) is 10.9 Å². The van der Waals surface area contributed by atoms with Crippen LogP contribution < -0.4 is 4.90 Å². The molecule has 2 fully saturated rings. The summed E-state index contributed by atoms with van der Waals surface area (Å²) >= 11 is 6.90. The van der Waals surface area contributed by atoms with Crippen molar-refractivity contribution >= 4 is 43.8 Å². The number of thiocarbonyl (C=S) groups is 1. The number of nitrogens with zero attached hydrogens (tertiary/aromatic N) is 1. The predicted molar refractivity (Wildman–Crippen MR) is 80.1 cm³/mol. The van der Waals surface area contributed by atoms with Gasteiger partial charge in [-0.05, 0) is 19.1 Å². The van der Waals surface area contributed by atoms with Crippen LogP contribution in [0.25, 0.3) is 0 Å². The van der Waals surface area contributed by atoms with Crippen molar-refractivity contribution in [3.63, 3.8) is 0 Å². The zero-order chi connectivity index (χ0) is 12.9. The number of hydrogen-bond donors (Lipinski definition) is 0. The van der Waals surface area contributed by atoms with E-state index in [2.05, 4.69) is 0 Å². The van der Waals surface area contributed by atoms with Crippen LogP contribution in [0.4, 0.5) is 5.69 Å². The monoisotopic (exact) mass is 299 g/mol. The van der Waals surface area contributed by atoms with Gasteiger partial charge in [0.15, 0.2) is 9.84 Å². The summed E-state index contributed by atoms with van der Waals surface area (Å²) in [6.07, 6.45) is 0. The fourth-order valence-corrected chi connectivity index (χ4v) is 6.85. The molecule has 2 heterocycles. The molecule has 18 heavy (non-hydrogen) atoms. The van der Waals surface area contributed by atoms with Crippen LogP contribution in [-0.4, -0.2) is 35.5 Å². The fraction of sp³-hybridized carbons (Fsp3) is 0.417. The van der Waals surface area contributed by atoms with Gasteiger partial charge in [0.2, 0.25) is 0 Å². The molecule has 0 aliphatic carbocycles. The molecule has 3 nitrogen and oxygen atoms in total. The lowest BCUT2D eigenvalue weighted by molar-refractivity contribution is 0.601. The minimum absolute atomic E-state index is 0.00945. The number of aryl methyl sites for hydroxylation is 1. The maximum absolute atomic E-state index is 11.7. The van der Waals surface area contributed by atoms with Crippen molar-refractivity contribution < 1.29 is 8.42 Å². The smallest absolute Gasteiger partial charge is 0.153 e. The molecule has 2 atom stereocenters. The van der Waals surface area contributed by atoms with Crippen molar-refractivity contribution in [1.82, 2.24) is 0 Å². The standard InChI is InChI=1S/C12H13NO2S3/c1-8-2-4-9(5-3-8)13-10-6-18(14,15)7-11(10)17-12(13)16/h2-5,10-11H,6-7H2,1H3/t10-,11-/m1/s1. The molecule has 1 aromatic rings. The normalized spacial score (nSPS) is 29.6. The number of sulfone groups is 1. The maximum atomic E-state index is 11.7. The summed E-state index contributed by atoms with van der Waals surface area (Å²) < 4.78 is 24.2. The average Bonchev–Trinajstić information content (AvgIpc) is 2.70. The first-order valence-corrected chi connectivity index (χ1v) is 8.84. The molecular weight excluding hydrogens is 286 g/mol. The van der Waals surface area contributed by atoms with E-state index in [0.717, 1.165) is 10.0 Å². The van der Waals surface area contributed by atoms with Crippen LogP contribution in [0, 0.1) is 6.92 Å². The van der Waals surface area contributed by atoms with Crippen molar-refractivity contribution in [3.8, 4) is 0 Å². The van der Waals surface area contributed by atoms with Crippen molar-refractivity contribution in [2.24, 2.45) is 0 Å². The molecule has 0 radical (unpaired) electrons. The molecule has 2 aliphatic rings. The minimum atomic E-state index is -2.90. The Kier molecular flexibility index (Phi) is 2.91. The van der Waals surface area contributed by atoms with Crippen molar-refractivity contribution in [1.29, 1.82) is 0 Å². The van der Waals surface area contributed by atoms with Gasteiger partial charge in [0.05, 0.1) is 17.5 Å². The number of hydrogen-bond acceptors (Lipinski definition) is 4. The van der Waals surface area contributed by atoms with E-state index >= 15 is 0 Å². The summed E-state index contributed by atoms with van der Waals surface area (Å²) in [5, 5.41) is 0.101. The number of benzene rings is 1. The number of thioether (sulfide) groups is 1. The lowest BCUT2D eigenvalue weighted by Gasteiger charge is -2.24. The summed E-state index contributed by atoms with van der Waals surface area (Å²) in [6, 6.07) is 8.08. The van der Waals surface area contributed by atoms with Crippen LogP contribution >= 0.6 is 24.0 Å². The van der Waals surface area contributed by atoms with E-state index in [4.69, 9.17) is 12.2 Å². The second kappa shape index (κ2) is 4.21.